The Labute approximate surface area is 125 Å². The molecule has 1 rings (SSSR count). The minimum absolute atomic E-state index is 0.242. The standard InChI is InChI=1S/C10H15.2C2H4O2.CH3.Ti/c1-7-6-10(4,5)9(3)8(7)2;2*1-2(3)4;;/h1-5H3;2*1H3,(H,3,4);1H3;/q;;;;+2/p-2. The van der Waals surface area contributed by atoms with E-state index in [0.717, 1.165) is 9.45 Å². The van der Waals surface area contributed by atoms with Crippen molar-refractivity contribution in [1.82, 2.24) is 0 Å². The van der Waals surface area contributed by atoms with Crippen molar-refractivity contribution >= 4 is 11.9 Å². The molecular formula is C15H24O4Ti. The topological polar surface area (TPSA) is 52.6 Å². The molecule has 1 aliphatic carbocycles. The van der Waals surface area contributed by atoms with Gasteiger partial charge in [0.15, 0.2) is 0 Å². The molecule has 112 valence electrons. The van der Waals surface area contributed by atoms with Gasteiger partial charge < -0.3 is 0 Å². The van der Waals surface area contributed by atoms with Gasteiger partial charge in [-0.15, -0.1) is 0 Å². The summed E-state index contributed by atoms with van der Waals surface area (Å²) in [6.45, 7) is 13.1. The van der Waals surface area contributed by atoms with Crippen LogP contribution in [0.25, 0.3) is 0 Å². The van der Waals surface area contributed by atoms with E-state index in [9.17, 15) is 9.59 Å². The van der Waals surface area contributed by atoms with Crippen LogP contribution < -0.4 is 0 Å². The minimum atomic E-state index is -3.69. The Morgan fingerprint density at radius 1 is 0.950 bits per heavy atom. The maximum atomic E-state index is 11.5. The summed E-state index contributed by atoms with van der Waals surface area (Å²) >= 11 is -3.69. The zero-order valence-electron chi connectivity index (χ0n) is 13.6. The first-order valence-electron chi connectivity index (χ1n) is 6.72. The summed E-state index contributed by atoms with van der Waals surface area (Å²) in [5, 5.41) is 1.81. The Bertz CT molecular complexity index is 510. The van der Waals surface area contributed by atoms with Gasteiger partial charge in [-0.25, -0.2) is 0 Å². The van der Waals surface area contributed by atoms with Gasteiger partial charge in [-0.2, -0.15) is 0 Å². The molecule has 1 aliphatic rings. The third kappa shape index (κ3) is 2.91. The van der Waals surface area contributed by atoms with Crippen LogP contribution in [-0.4, -0.2) is 11.9 Å². The molecule has 5 heteroatoms. The molecule has 0 saturated carbocycles. The molecule has 0 spiro atoms. The van der Waals surface area contributed by atoms with Gasteiger partial charge in [0.2, 0.25) is 0 Å². The molecule has 0 heterocycles. The fourth-order valence-electron chi connectivity index (χ4n) is 3.17. The summed E-state index contributed by atoms with van der Waals surface area (Å²) in [6, 6.07) is 0. The molecule has 4 nitrogen and oxygen atoms in total. The van der Waals surface area contributed by atoms with Crippen molar-refractivity contribution in [2.75, 3.05) is 0 Å². The molecule has 0 N–H and O–H groups in total. The zero-order chi connectivity index (χ0) is 15.9. The van der Waals surface area contributed by atoms with E-state index in [4.69, 9.17) is 6.64 Å². The Morgan fingerprint density at radius 2 is 1.35 bits per heavy atom. The molecule has 0 atom stereocenters. The Balaban J connectivity index is 3.43. The van der Waals surface area contributed by atoms with Crippen molar-refractivity contribution < 1.29 is 33.6 Å². The molecule has 0 aromatic rings. The van der Waals surface area contributed by atoms with Crippen LogP contribution in [0.15, 0.2) is 20.6 Å². The van der Waals surface area contributed by atoms with Crippen molar-refractivity contribution in [3.63, 3.8) is 0 Å². The molecule has 20 heavy (non-hydrogen) atoms. The molecule has 0 aliphatic heterocycles. The predicted octanol–water partition coefficient (Wildman–Crippen LogP) is 3.79. The van der Waals surface area contributed by atoms with E-state index < -0.39 is 29.3 Å². The van der Waals surface area contributed by atoms with Gasteiger partial charge in [-0.1, -0.05) is 0 Å². The SMILES string of the molecule is CC(=O)[O][Ti]([CH3])([O]C(C)=O)[C]1=C(C)C(C)=C(C)C1(C)C. The molecule has 0 saturated heterocycles. The van der Waals surface area contributed by atoms with E-state index in [0.29, 0.717) is 0 Å². The first kappa shape index (κ1) is 17.2. The number of carbonyl (C=O) groups excluding carboxylic acids is 2. The molecular weight excluding hydrogens is 292 g/mol. The van der Waals surface area contributed by atoms with Gasteiger partial charge in [-0.3, -0.25) is 0 Å². The Kier molecular flexibility index (Phi) is 4.72. The van der Waals surface area contributed by atoms with Crippen LogP contribution in [0.1, 0.15) is 48.5 Å². The van der Waals surface area contributed by atoms with Gasteiger partial charge in [0, 0.05) is 0 Å². The Hall–Kier alpha value is -0.866. The second-order valence-corrected chi connectivity index (χ2v) is 10.4. The molecule has 0 aromatic heterocycles. The Morgan fingerprint density at radius 3 is 1.60 bits per heavy atom. The van der Waals surface area contributed by atoms with Crippen LogP contribution in [0.2, 0.25) is 5.23 Å². The molecule has 0 unspecified atom stereocenters. The summed E-state index contributed by atoms with van der Waals surface area (Å²) in [7, 11) is 0. The van der Waals surface area contributed by atoms with Crippen LogP contribution in [0.4, 0.5) is 0 Å². The number of hydrogen-bond donors (Lipinski definition) is 0. The number of rotatable bonds is 3. The van der Waals surface area contributed by atoms with Crippen LogP contribution in [0, 0.1) is 5.41 Å². The van der Waals surface area contributed by atoms with Crippen LogP contribution in [0.5, 0.6) is 0 Å². The molecule has 0 aromatic carbocycles. The van der Waals surface area contributed by atoms with E-state index in [-0.39, 0.29) is 5.41 Å². The molecule has 0 radical (unpaired) electrons. The normalized spacial score (nSPS) is 18.4. The zero-order valence-corrected chi connectivity index (χ0v) is 15.2. The molecule has 0 amide bonds. The van der Waals surface area contributed by atoms with E-state index >= 15 is 0 Å². The van der Waals surface area contributed by atoms with Crippen LogP contribution >= 0.6 is 0 Å². The van der Waals surface area contributed by atoms with Gasteiger partial charge in [-0.05, 0) is 0 Å². The van der Waals surface area contributed by atoms with Gasteiger partial charge in [0.25, 0.3) is 0 Å². The quantitative estimate of drug-likeness (QED) is 0.743. The maximum absolute atomic E-state index is 11.5. The number of carbonyl (C=O) groups is 2. The average molecular weight is 316 g/mol. The second-order valence-electron chi connectivity index (χ2n) is 6.01. The predicted molar refractivity (Wildman–Crippen MR) is 74.3 cm³/mol. The summed E-state index contributed by atoms with van der Waals surface area (Å²) in [4.78, 5) is 23.0. The van der Waals surface area contributed by atoms with E-state index in [1.54, 1.807) is 0 Å². The fraction of sp³-hybridized carbons (Fsp3) is 0.600. The fourth-order valence-corrected chi connectivity index (χ4v) is 8.69. The summed E-state index contributed by atoms with van der Waals surface area (Å²) in [6.07, 6.45) is 0. The van der Waals surface area contributed by atoms with E-state index in [2.05, 4.69) is 27.7 Å². The van der Waals surface area contributed by atoms with Gasteiger partial charge >= 0.3 is 125 Å². The van der Waals surface area contributed by atoms with Gasteiger partial charge in [0.05, 0.1) is 0 Å². The summed E-state index contributed by atoms with van der Waals surface area (Å²) < 4.78 is 12.1. The molecule has 0 bridgehead atoms. The molecule has 0 fully saturated rings. The number of hydrogen-bond acceptors (Lipinski definition) is 4. The third-order valence-electron chi connectivity index (χ3n) is 4.19. The van der Waals surface area contributed by atoms with Crippen molar-refractivity contribution in [1.29, 1.82) is 0 Å². The van der Waals surface area contributed by atoms with Crippen molar-refractivity contribution in [3.8, 4) is 0 Å². The van der Waals surface area contributed by atoms with Crippen LogP contribution in [0.3, 0.4) is 0 Å². The van der Waals surface area contributed by atoms with Crippen molar-refractivity contribution in [3.05, 3.63) is 20.6 Å². The first-order chi connectivity index (χ1) is 8.93. The van der Waals surface area contributed by atoms with Crippen molar-refractivity contribution in [2.24, 2.45) is 5.41 Å². The first-order valence-corrected chi connectivity index (χ1v) is 10.3. The van der Waals surface area contributed by atoms with E-state index in [1.807, 2.05) is 12.2 Å². The number of allylic oxidation sites excluding steroid dienone is 4. The van der Waals surface area contributed by atoms with E-state index in [1.165, 1.54) is 25.0 Å². The second kappa shape index (κ2) is 5.49. The monoisotopic (exact) mass is 316 g/mol. The van der Waals surface area contributed by atoms with Crippen molar-refractivity contribution in [2.45, 2.75) is 53.7 Å². The summed E-state index contributed by atoms with van der Waals surface area (Å²) in [5.41, 5.74) is 3.29. The van der Waals surface area contributed by atoms with Gasteiger partial charge in [0.1, 0.15) is 0 Å². The van der Waals surface area contributed by atoms with Crippen LogP contribution in [-0.2, 0) is 33.6 Å². The third-order valence-corrected chi connectivity index (χ3v) is 9.29. The summed E-state index contributed by atoms with van der Waals surface area (Å²) in [5.74, 6) is -0.792. The average Bonchev–Trinajstić information content (AvgIpc) is 2.37.